The van der Waals surface area contributed by atoms with E-state index in [0.29, 0.717) is 0 Å². The first-order chi connectivity index (χ1) is 9.38. The molecule has 2 heteroatoms. The Hall–Kier alpha value is -1.54. The van der Waals surface area contributed by atoms with Crippen molar-refractivity contribution < 1.29 is 0 Å². The normalized spacial score (nSPS) is 11.4. The molecule has 0 aliphatic heterocycles. The van der Waals surface area contributed by atoms with Crippen LogP contribution in [0.5, 0.6) is 0 Å². The number of hydrogen-bond donors (Lipinski definition) is 1. The minimum absolute atomic E-state index is 0.885. The molecular formula is C18H25NSi. The number of hydrogen-bond acceptors (Lipinski definition) is 1. The van der Waals surface area contributed by atoms with Crippen molar-refractivity contribution in [2.45, 2.75) is 40.0 Å². The van der Waals surface area contributed by atoms with Gasteiger partial charge in [-0.05, 0) is 36.6 Å². The summed E-state index contributed by atoms with van der Waals surface area (Å²) in [6, 6.07) is 15.5. The van der Waals surface area contributed by atoms with Crippen LogP contribution >= 0.6 is 0 Å². The Morgan fingerprint density at radius 3 is 2.15 bits per heavy atom. The summed E-state index contributed by atoms with van der Waals surface area (Å²) in [7, 11) is -1.18. The number of anilines is 1. The summed E-state index contributed by atoms with van der Waals surface area (Å²) in [4.78, 5) is 0. The van der Waals surface area contributed by atoms with Crippen LogP contribution in [0.4, 0.5) is 5.69 Å². The summed E-state index contributed by atoms with van der Waals surface area (Å²) in [5, 5.41) is 5.06. The van der Waals surface area contributed by atoms with E-state index in [0.717, 1.165) is 6.54 Å². The highest BCUT2D eigenvalue weighted by molar-refractivity contribution is 6.88. The molecule has 2 aromatic rings. The lowest BCUT2D eigenvalue weighted by Gasteiger charge is -2.17. The lowest BCUT2D eigenvalue weighted by atomic mass is 10.1. The maximum absolute atomic E-state index is 3.54. The van der Waals surface area contributed by atoms with E-state index in [9.17, 15) is 0 Å². The Morgan fingerprint density at radius 1 is 0.900 bits per heavy atom. The van der Waals surface area contributed by atoms with Crippen LogP contribution in [0.15, 0.2) is 42.5 Å². The molecule has 0 spiro atoms. The fraction of sp³-hybridized carbons (Fsp3) is 0.333. The van der Waals surface area contributed by atoms with Gasteiger partial charge in [0.05, 0.1) is 8.07 Å². The van der Waals surface area contributed by atoms with Crippen molar-refractivity contribution in [3.05, 3.63) is 59.2 Å². The van der Waals surface area contributed by atoms with E-state index in [4.69, 9.17) is 0 Å². The summed E-state index contributed by atoms with van der Waals surface area (Å²) in [5.74, 6) is 0. The van der Waals surface area contributed by atoms with Crippen LogP contribution in [-0.2, 0) is 6.54 Å². The van der Waals surface area contributed by atoms with Gasteiger partial charge in [-0.1, -0.05) is 61.2 Å². The standard InChI is InChI=1S/C18H25NSi/c1-14-7-6-8-18(15(14)2)19-13-16-9-11-17(12-10-16)20(3,4)5/h6-12,19H,13H2,1-5H3. The maximum atomic E-state index is 3.54. The van der Waals surface area contributed by atoms with Gasteiger partial charge in [0.15, 0.2) is 0 Å². The van der Waals surface area contributed by atoms with Crippen molar-refractivity contribution in [3.8, 4) is 0 Å². The first kappa shape index (κ1) is 14.9. The molecule has 0 fully saturated rings. The molecule has 0 unspecified atom stereocenters. The van der Waals surface area contributed by atoms with Gasteiger partial charge in [-0.2, -0.15) is 0 Å². The third-order valence-electron chi connectivity index (χ3n) is 3.91. The second-order valence-electron chi connectivity index (χ2n) is 6.55. The zero-order valence-electron chi connectivity index (χ0n) is 13.2. The van der Waals surface area contributed by atoms with Crippen molar-refractivity contribution in [1.29, 1.82) is 0 Å². The van der Waals surface area contributed by atoms with Gasteiger partial charge in [0.2, 0.25) is 0 Å². The van der Waals surface area contributed by atoms with E-state index in [1.165, 1.54) is 27.6 Å². The molecule has 1 nitrogen and oxygen atoms in total. The molecule has 0 aliphatic rings. The van der Waals surface area contributed by atoms with E-state index in [2.05, 4.69) is 81.3 Å². The number of aryl methyl sites for hydroxylation is 1. The molecule has 2 rings (SSSR count). The average Bonchev–Trinajstić information content (AvgIpc) is 2.40. The van der Waals surface area contributed by atoms with Gasteiger partial charge >= 0.3 is 0 Å². The molecule has 2 aromatic carbocycles. The Morgan fingerprint density at radius 2 is 1.55 bits per heavy atom. The number of nitrogens with one attached hydrogen (secondary N) is 1. The summed E-state index contributed by atoms with van der Waals surface area (Å²) < 4.78 is 0. The van der Waals surface area contributed by atoms with Gasteiger partial charge in [-0.15, -0.1) is 0 Å². The predicted octanol–water partition coefficient (Wildman–Crippen LogP) is 4.46. The lowest BCUT2D eigenvalue weighted by Crippen LogP contribution is -2.37. The van der Waals surface area contributed by atoms with Crippen LogP contribution in [0.3, 0.4) is 0 Å². The highest BCUT2D eigenvalue weighted by Gasteiger charge is 2.15. The van der Waals surface area contributed by atoms with E-state index in [1.807, 2.05) is 0 Å². The summed E-state index contributed by atoms with van der Waals surface area (Å²) >= 11 is 0. The van der Waals surface area contributed by atoms with E-state index in [-0.39, 0.29) is 0 Å². The molecule has 1 N–H and O–H groups in total. The smallest absolute Gasteiger partial charge is 0.0775 e. The van der Waals surface area contributed by atoms with Crippen LogP contribution in [-0.4, -0.2) is 8.07 Å². The number of rotatable bonds is 4. The summed E-state index contributed by atoms with van der Waals surface area (Å²) in [6.45, 7) is 12.4. The van der Waals surface area contributed by atoms with Crippen molar-refractivity contribution >= 4 is 18.9 Å². The fourth-order valence-corrected chi connectivity index (χ4v) is 3.43. The van der Waals surface area contributed by atoms with Gasteiger partial charge in [-0.25, -0.2) is 0 Å². The van der Waals surface area contributed by atoms with Gasteiger partial charge in [0.1, 0.15) is 0 Å². The monoisotopic (exact) mass is 283 g/mol. The van der Waals surface area contributed by atoms with Gasteiger partial charge in [0.25, 0.3) is 0 Å². The molecule has 0 atom stereocenters. The Balaban J connectivity index is 2.06. The molecule has 0 heterocycles. The summed E-state index contributed by atoms with van der Waals surface area (Å²) in [5.41, 5.74) is 5.25. The highest BCUT2D eigenvalue weighted by atomic mass is 28.3. The lowest BCUT2D eigenvalue weighted by molar-refractivity contribution is 1.14. The van der Waals surface area contributed by atoms with Crippen molar-refractivity contribution in [2.24, 2.45) is 0 Å². The molecule has 0 saturated carbocycles. The van der Waals surface area contributed by atoms with Crippen LogP contribution in [0, 0.1) is 13.8 Å². The molecule has 20 heavy (non-hydrogen) atoms. The van der Waals surface area contributed by atoms with Crippen molar-refractivity contribution in [3.63, 3.8) is 0 Å². The van der Waals surface area contributed by atoms with E-state index in [1.54, 1.807) is 0 Å². The predicted molar refractivity (Wildman–Crippen MR) is 92.7 cm³/mol. The molecule has 0 amide bonds. The zero-order valence-corrected chi connectivity index (χ0v) is 14.2. The quantitative estimate of drug-likeness (QED) is 0.817. The molecule has 0 saturated heterocycles. The Kier molecular flexibility index (Phi) is 4.34. The van der Waals surface area contributed by atoms with E-state index >= 15 is 0 Å². The molecule has 0 aromatic heterocycles. The van der Waals surface area contributed by atoms with Crippen LogP contribution in [0.2, 0.25) is 19.6 Å². The first-order valence-electron chi connectivity index (χ1n) is 7.27. The summed E-state index contributed by atoms with van der Waals surface area (Å²) in [6.07, 6.45) is 0. The third-order valence-corrected chi connectivity index (χ3v) is 5.97. The topological polar surface area (TPSA) is 12.0 Å². The fourth-order valence-electron chi connectivity index (χ4n) is 2.26. The second-order valence-corrected chi connectivity index (χ2v) is 11.6. The molecule has 0 bridgehead atoms. The molecule has 0 radical (unpaired) electrons. The molecular weight excluding hydrogens is 258 g/mol. The minimum atomic E-state index is -1.18. The Bertz CT molecular complexity index is 579. The van der Waals surface area contributed by atoms with Gasteiger partial charge in [0, 0.05) is 12.2 Å². The molecule has 106 valence electrons. The Labute approximate surface area is 124 Å². The first-order valence-corrected chi connectivity index (χ1v) is 10.8. The average molecular weight is 283 g/mol. The minimum Gasteiger partial charge on any atom is -0.381 e. The van der Waals surface area contributed by atoms with Crippen molar-refractivity contribution in [2.75, 3.05) is 5.32 Å². The molecule has 0 aliphatic carbocycles. The van der Waals surface area contributed by atoms with Gasteiger partial charge in [-0.3, -0.25) is 0 Å². The largest absolute Gasteiger partial charge is 0.381 e. The highest BCUT2D eigenvalue weighted by Crippen LogP contribution is 2.18. The van der Waals surface area contributed by atoms with Crippen LogP contribution in [0.1, 0.15) is 16.7 Å². The number of benzene rings is 2. The van der Waals surface area contributed by atoms with Crippen molar-refractivity contribution in [1.82, 2.24) is 0 Å². The van der Waals surface area contributed by atoms with E-state index < -0.39 is 8.07 Å². The SMILES string of the molecule is Cc1cccc(NCc2ccc([Si](C)(C)C)cc2)c1C. The van der Waals surface area contributed by atoms with Gasteiger partial charge < -0.3 is 5.32 Å². The maximum Gasteiger partial charge on any atom is 0.0775 e. The van der Waals surface area contributed by atoms with Crippen LogP contribution in [0.25, 0.3) is 0 Å². The zero-order chi connectivity index (χ0) is 14.8. The van der Waals surface area contributed by atoms with Crippen LogP contribution < -0.4 is 10.5 Å². The third kappa shape index (κ3) is 3.51. The second kappa shape index (κ2) is 5.84.